The van der Waals surface area contributed by atoms with Crippen molar-refractivity contribution in [3.63, 3.8) is 0 Å². The van der Waals surface area contributed by atoms with Gasteiger partial charge in [-0.05, 0) is 43.5 Å². The predicted molar refractivity (Wildman–Crippen MR) is 71.1 cm³/mol. The van der Waals surface area contributed by atoms with Gasteiger partial charge in [0, 0.05) is 12.5 Å². The molecule has 0 aromatic heterocycles. The number of aryl methyl sites for hydroxylation is 1. The van der Waals surface area contributed by atoms with Gasteiger partial charge in [-0.3, -0.25) is 0 Å². The zero-order valence-electron chi connectivity index (χ0n) is 11.4. The van der Waals surface area contributed by atoms with Crippen LogP contribution in [-0.2, 0) is 4.79 Å². The number of carbonyl (C=O) groups is 1. The van der Waals surface area contributed by atoms with Crippen molar-refractivity contribution in [2.75, 3.05) is 14.2 Å². The van der Waals surface area contributed by atoms with Gasteiger partial charge in [0.05, 0.1) is 14.2 Å². The first-order valence-electron chi connectivity index (χ1n) is 5.97. The van der Waals surface area contributed by atoms with Crippen molar-refractivity contribution in [3.8, 4) is 11.5 Å². The third-order valence-electron chi connectivity index (χ3n) is 2.98. The van der Waals surface area contributed by atoms with E-state index in [0.717, 1.165) is 11.1 Å². The van der Waals surface area contributed by atoms with Crippen molar-refractivity contribution in [1.82, 2.24) is 0 Å². The molecule has 0 radical (unpaired) electrons. The van der Waals surface area contributed by atoms with Crippen LogP contribution in [0.2, 0.25) is 0 Å². The van der Waals surface area contributed by atoms with Crippen molar-refractivity contribution >= 4 is 5.78 Å². The molecule has 1 atom stereocenters. The highest BCUT2D eigenvalue weighted by atomic mass is 16.5. The van der Waals surface area contributed by atoms with Crippen LogP contribution in [0.1, 0.15) is 36.9 Å². The van der Waals surface area contributed by atoms with E-state index in [1.54, 1.807) is 21.1 Å². The van der Waals surface area contributed by atoms with Gasteiger partial charge in [-0.2, -0.15) is 0 Å². The number of ether oxygens (including phenoxy) is 2. The molecule has 1 rings (SSSR count). The minimum absolute atomic E-state index is 0.156. The molecule has 4 nitrogen and oxygen atoms in total. The molecule has 0 spiro atoms. The molecule has 0 aliphatic rings. The normalized spacial score (nSPS) is 12.1. The average Bonchev–Trinajstić information content (AvgIpc) is 2.35. The fourth-order valence-corrected chi connectivity index (χ4v) is 1.91. The summed E-state index contributed by atoms with van der Waals surface area (Å²) in [7, 11) is 3.20. The molecule has 4 heteroatoms. The number of benzene rings is 1. The van der Waals surface area contributed by atoms with E-state index in [4.69, 9.17) is 15.2 Å². The predicted octanol–water partition coefficient (Wildman–Crippen LogP) is 2.38. The van der Waals surface area contributed by atoms with Crippen molar-refractivity contribution in [2.45, 2.75) is 32.7 Å². The molecule has 18 heavy (non-hydrogen) atoms. The minimum atomic E-state index is -0.159. The van der Waals surface area contributed by atoms with E-state index in [-0.39, 0.29) is 11.8 Å². The lowest BCUT2D eigenvalue weighted by atomic mass is 9.97. The Hall–Kier alpha value is -1.55. The third-order valence-corrected chi connectivity index (χ3v) is 2.98. The Morgan fingerprint density at radius 3 is 2.33 bits per heavy atom. The van der Waals surface area contributed by atoms with Crippen molar-refractivity contribution in [2.24, 2.45) is 5.73 Å². The van der Waals surface area contributed by atoms with Crippen LogP contribution in [0.25, 0.3) is 0 Å². The molecule has 0 heterocycles. The van der Waals surface area contributed by atoms with Gasteiger partial charge >= 0.3 is 0 Å². The molecule has 2 N–H and O–H groups in total. The second-order valence-corrected chi connectivity index (χ2v) is 4.41. The highest BCUT2D eigenvalue weighted by Crippen LogP contribution is 2.33. The third kappa shape index (κ3) is 3.47. The Labute approximate surface area is 108 Å². The Morgan fingerprint density at radius 2 is 1.83 bits per heavy atom. The van der Waals surface area contributed by atoms with Crippen LogP contribution in [-0.4, -0.2) is 20.0 Å². The van der Waals surface area contributed by atoms with Gasteiger partial charge in [0.15, 0.2) is 11.5 Å². The van der Waals surface area contributed by atoms with E-state index in [2.05, 4.69) is 0 Å². The van der Waals surface area contributed by atoms with Gasteiger partial charge < -0.3 is 20.0 Å². The number of rotatable bonds is 6. The number of methoxy groups -OCH3 is 2. The van der Waals surface area contributed by atoms with E-state index in [1.165, 1.54) is 0 Å². The lowest BCUT2D eigenvalue weighted by Crippen LogP contribution is -2.13. The first-order chi connectivity index (χ1) is 8.49. The molecule has 0 saturated heterocycles. The number of ketones is 1. The number of carbonyl (C=O) groups excluding carboxylic acids is 1. The summed E-state index contributed by atoms with van der Waals surface area (Å²) in [6.45, 7) is 3.55. The largest absolute Gasteiger partial charge is 0.493 e. The molecule has 100 valence electrons. The van der Waals surface area contributed by atoms with Crippen LogP contribution in [0, 0.1) is 6.92 Å². The summed E-state index contributed by atoms with van der Waals surface area (Å²) >= 11 is 0. The molecule has 1 aromatic rings. The lowest BCUT2D eigenvalue weighted by molar-refractivity contribution is -0.117. The topological polar surface area (TPSA) is 61.5 Å². The Kier molecular flexibility index (Phi) is 5.16. The maximum atomic E-state index is 11.0. The van der Waals surface area contributed by atoms with Crippen LogP contribution in [0.15, 0.2) is 12.1 Å². The maximum Gasteiger partial charge on any atom is 0.161 e. The molecule has 0 fully saturated rings. The first kappa shape index (κ1) is 14.5. The van der Waals surface area contributed by atoms with E-state index >= 15 is 0 Å². The average molecular weight is 251 g/mol. The second-order valence-electron chi connectivity index (χ2n) is 4.41. The molecule has 1 aromatic carbocycles. The van der Waals surface area contributed by atoms with Crippen LogP contribution >= 0.6 is 0 Å². The molecule has 1 unspecified atom stereocenters. The molecular weight excluding hydrogens is 230 g/mol. The number of Topliss-reactive ketones (excluding diaryl/α,β-unsaturated/α-hetero) is 1. The Morgan fingerprint density at radius 1 is 1.28 bits per heavy atom. The van der Waals surface area contributed by atoms with Gasteiger partial charge in [0.25, 0.3) is 0 Å². The monoisotopic (exact) mass is 251 g/mol. The lowest BCUT2D eigenvalue weighted by Gasteiger charge is -2.17. The summed E-state index contributed by atoms with van der Waals surface area (Å²) in [4.78, 5) is 11.0. The van der Waals surface area contributed by atoms with Crippen LogP contribution < -0.4 is 15.2 Å². The van der Waals surface area contributed by atoms with E-state index in [9.17, 15) is 4.79 Å². The number of hydrogen-bond acceptors (Lipinski definition) is 4. The van der Waals surface area contributed by atoms with Crippen molar-refractivity contribution in [1.29, 1.82) is 0 Å². The van der Waals surface area contributed by atoms with E-state index in [0.29, 0.717) is 24.3 Å². The van der Waals surface area contributed by atoms with Crippen molar-refractivity contribution in [3.05, 3.63) is 23.3 Å². The Balaban J connectivity index is 2.97. The fourth-order valence-electron chi connectivity index (χ4n) is 1.91. The van der Waals surface area contributed by atoms with Crippen LogP contribution in [0.5, 0.6) is 11.5 Å². The van der Waals surface area contributed by atoms with Gasteiger partial charge in [-0.25, -0.2) is 0 Å². The van der Waals surface area contributed by atoms with Gasteiger partial charge in [0.1, 0.15) is 5.78 Å². The van der Waals surface area contributed by atoms with Gasteiger partial charge in [-0.1, -0.05) is 0 Å². The van der Waals surface area contributed by atoms with Crippen molar-refractivity contribution < 1.29 is 14.3 Å². The Bertz CT molecular complexity index is 429. The second kappa shape index (κ2) is 6.40. The summed E-state index contributed by atoms with van der Waals surface area (Å²) in [5.74, 6) is 1.51. The van der Waals surface area contributed by atoms with E-state index < -0.39 is 0 Å². The summed E-state index contributed by atoms with van der Waals surface area (Å²) in [5, 5.41) is 0. The maximum absolute atomic E-state index is 11.0. The minimum Gasteiger partial charge on any atom is -0.493 e. The fraction of sp³-hybridized carbons (Fsp3) is 0.500. The zero-order chi connectivity index (χ0) is 13.7. The summed E-state index contributed by atoms with van der Waals surface area (Å²) < 4.78 is 10.5. The van der Waals surface area contributed by atoms with Gasteiger partial charge in [0.2, 0.25) is 0 Å². The van der Waals surface area contributed by atoms with E-state index in [1.807, 2.05) is 19.1 Å². The standard InChI is InChI=1S/C14H21NO3/c1-9-7-13(17-3)14(18-4)8-11(9)12(15)6-5-10(2)16/h7-8,12H,5-6,15H2,1-4H3. The SMILES string of the molecule is COc1cc(C)c(C(N)CCC(C)=O)cc1OC. The highest BCUT2D eigenvalue weighted by molar-refractivity contribution is 5.75. The molecule has 0 bridgehead atoms. The summed E-state index contributed by atoms with van der Waals surface area (Å²) in [6.07, 6.45) is 1.14. The molecule has 0 amide bonds. The number of nitrogens with two attached hydrogens (primary N) is 1. The van der Waals surface area contributed by atoms with Crippen LogP contribution in [0.3, 0.4) is 0 Å². The van der Waals surface area contributed by atoms with Crippen LogP contribution in [0.4, 0.5) is 0 Å². The number of hydrogen-bond donors (Lipinski definition) is 1. The molecule has 0 aliphatic carbocycles. The molecular formula is C14H21NO3. The zero-order valence-corrected chi connectivity index (χ0v) is 11.4. The smallest absolute Gasteiger partial charge is 0.161 e. The summed E-state index contributed by atoms with van der Waals surface area (Å²) in [5.41, 5.74) is 8.15. The van der Waals surface area contributed by atoms with Gasteiger partial charge in [-0.15, -0.1) is 0 Å². The first-order valence-corrected chi connectivity index (χ1v) is 5.97. The summed E-state index contributed by atoms with van der Waals surface area (Å²) in [6, 6.07) is 3.63. The quantitative estimate of drug-likeness (QED) is 0.843. The molecule has 0 saturated carbocycles. The molecule has 0 aliphatic heterocycles. The highest BCUT2D eigenvalue weighted by Gasteiger charge is 2.14.